The molecule has 4 heteroatoms. The topological polar surface area (TPSA) is 0 Å². The molecule has 0 spiro atoms. The first-order valence-corrected chi connectivity index (χ1v) is 0. The van der Waals surface area contributed by atoms with Crippen molar-refractivity contribution in [1.29, 1.82) is 0 Å². The van der Waals surface area contributed by atoms with Crippen LogP contribution in [0.3, 0.4) is 0 Å². The molecule has 0 N–H and O–H groups in total. The van der Waals surface area contributed by atoms with E-state index in [1.807, 2.05) is 0 Å². The summed E-state index contributed by atoms with van der Waals surface area (Å²) in [5.74, 6) is 0. The van der Waals surface area contributed by atoms with Crippen LogP contribution in [0.4, 0.5) is 0 Å². The molecular formula is FGaLiSr. The van der Waals surface area contributed by atoms with E-state index in [2.05, 4.69) is 0 Å². The molecule has 0 aromatic rings. The Kier molecular flexibility index (Phi) is 132. The van der Waals surface area contributed by atoms with Crippen LogP contribution in [0.1, 0.15) is 0 Å². The van der Waals surface area contributed by atoms with Crippen molar-refractivity contribution in [3.63, 3.8) is 0 Å². The zero-order valence-corrected chi connectivity index (χ0v) is 8.56. The molecule has 0 amide bonds. The van der Waals surface area contributed by atoms with E-state index in [0.717, 1.165) is 0 Å². The normalized spacial score (nSPS) is 0. The van der Waals surface area contributed by atoms with Crippen molar-refractivity contribution in [2.24, 2.45) is 0 Å². The zero-order chi connectivity index (χ0) is 0. The van der Waals surface area contributed by atoms with Gasteiger partial charge in [-0.1, -0.05) is 0 Å². The number of hydrogen-bond acceptors (Lipinski definition) is 0. The largest absolute Gasteiger partial charge is 1.00 e. The average Bonchev–Trinajstić information content (AvgIpc) is 0. The van der Waals surface area contributed by atoms with Crippen LogP contribution in [-0.2, 0) is 0 Å². The fourth-order valence-corrected chi connectivity index (χ4v) is 0. The SMILES string of the molecule is [F-].[Ga].[Li+].[Sr]. The first-order valence-electron chi connectivity index (χ1n) is 0. The van der Waals surface area contributed by atoms with Crippen LogP contribution in [0.5, 0.6) is 0 Å². The van der Waals surface area contributed by atoms with Gasteiger partial charge in [0.25, 0.3) is 0 Å². The Hall–Kier alpha value is 2.64. The van der Waals surface area contributed by atoms with Gasteiger partial charge in [-0.2, -0.15) is 0 Å². The van der Waals surface area contributed by atoms with Crippen LogP contribution in [0, 0.1) is 0 Å². The standard InChI is InChI=1S/FH.Ga.Li.Sr/h1H;;;/q;;+1;/p-1. The molecule has 0 saturated heterocycles. The van der Waals surface area contributed by atoms with E-state index < -0.39 is 0 Å². The predicted molar refractivity (Wildman–Crippen MR) is 11.5 cm³/mol. The van der Waals surface area contributed by atoms with Gasteiger partial charge in [-0.25, -0.2) is 0 Å². The molecule has 0 bridgehead atoms. The van der Waals surface area contributed by atoms with Gasteiger partial charge < -0.3 is 4.70 Å². The van der Waals surface area contributed by atoms with Crippen molar-refractivity contribution < 1.29 is 23.6 Å². The summed E-state index contributed by atoms with van der Waals surface area (Å²) in [6.07, 6.45) is 0. The van der Waals surface area contributed by atoms with Gasteiger partial charge >= 0.3 is 18.9 Å². The van der Waals surface area contributed by atoms with E-state index in [1.165, 1.54) is 0 Å². The Morgan fingerprint density at radius 1 is 1.00 bits per heavy atom. The Labute approximate surface area is 87.0 Å². The van der Waals surface area contributed by atoms with E-state index >= 15 is 0 Å². The van der Waals surface area contributed by atoms with Crippen LogP contribution in [-0.4, -0.2) is 65.3 Å². The minimum Gasteiger partial charge on any atom is -1.00 e. The minimum atomic E-state index is 0. The quantitative estimate of drug-likeness (QED) is 0.328. The Morgan fingerprint density at radius 3 is 1.00 bits per heavy atom. The maximum absolute atomic E-state index is 0. The smallest absolute Gasteiger partial charge is 1.00 e. The van der Waals surface area contributed by atoms with Gasteiger partial charge in [0.05, 0.1) is 0 Å². The van der Waals surface area contributed by atoms with E-state index in [1.54, 1.807) is 0 Å². The van der Waals surface area contributed by atoms with E-state index in [4.69, 9.17) is 0 Å². The molecule has 0 aliphatic rings. The Morgan fingerprint density at radius 2 is 1.00 bits per heavy atom. The van der Waals surface area contributed by atoms with Crippen molar-refractivity contribution >= 4 is 65.3 Å². The summed E-state index contributed by atoms with van der Waals surface area (Å²) in [6, 6.07) is 0. The summed E-state index contributed by atoms with van der Waals surface area (Å²) in [5.41, 5.74) is 0. The van der Waals surface area contributed by atoms with E-state index in [9.17, 15) is 0 Å². The second-order valence-corrected chi connectivity index (χ2v) is 0. The summed E-state index contributed by atoms with van der Waals surface area (Å²) < 4.78 is 0. The van der Waals surface area contributed by atoms with Gasteiger partial charge in [0.2, 0.25) is 0 Å². The molecular weight excluding hydrogens is 183 g/mol. The molecule has 4 heavy (non-hydrogen) atoms. The van der Waals surface area contributed by atoms with E-state index in [-0.39, 0.29) is 88.8 Å². The molecule has 0 fully saturated rings. The van der Waals surface area contributed by atoms with Crippen molar-refractivity contribution in [1.82, 2.24) is 0 Å². The second-order valence-electron chi connectivity index (χ2n) is 0. The first-order chi connectivity index (χ1) is 0. The third-order valence-corrected chi connectivity index (χ3v) is 0. The minimum absolute atomic E-state index is 0. The van der Waals surface area contributed by atoms with Crippen LogP contribution in [0.15, 0.2) is 0 Å². The molecule has 0 rings (SSSR count). The van der Waals surface area contributed by atoms with Crippen molar-refractivity contribution in [3.8, 4) is 0 Å². The molecule has 0 aliphatic heterocycles. The molecule has 0 atom stereocenters. The van der Waals surface area contributed by atoms with Gasteiger partial charge in [-0.3, -0.25) is 0 Å². The molecule has 0 aromatic heterocycles. The predicted octanol–water partition coefficient (Wildman–Crippen LogP) is -6.75. The molecule has 0 saturated carbocycles. The van der Waals surface area contributed by atoms with Crippen LogP contribution < -0.4 is 23.6 Å². The van der Waals surface area contributed by atoms with Gasteiger partial charge in [0.1, 0.15) is 0 Å². The van der Waals surface area contributed by atoms with Gasteiger partial charge in [0, 0.05) is 65.3 Å². The molecule has 0 nitrogen and oxygen atoms in total. The summed E-state index contributed by atoms with van der Waals surface area (Å²) in [7, 11) is 0. The van der Waals surface area contributed by atoms with Crippen molar-refractivity contribution in [3.05, 3.63) is 0 Å². The van der Waals surface area contributed by atoms with Crippen molar-refractivity contribution in [2.45, 2.75) is 0 Å². The Balaban J connectivity index is 0. The zero-order valence-electron chi connectivity index (χ0n) is 2.66. The number of hydrogen-bond donors (Lipinski definition) is 0. The third kappa shape index (κ3) is 8.82. The molecule has 5 radical (unpaired) electrons. The third-order valence-electron chi connectivity index (χ3n) is 0. The first kappa shape index (κ1) is 30.3. The fraction of sp³-hybridized carbons (Fsp3) is 0. The van der Waals surface area contributed by atoms with Crippen molar-refractivity contribution in [2.75, 3.05) is 0 Å². The maximum atomic E-state index is 0. The average molecular weight is 183 g/mol. The van der Waals surface area contributed by atoms with Crippen LogP contribution >= 0.6 is 0 Å². The molecule has 0 heterocycles. The maximum Gasteiger partial charge on any atom is 1.00 e. The Bertz CT molecular complexity index is 8.00. The van der Waals surface area contributed by atoms with E-state index in [0.29, 0.717) is 0 Å². The monoisotopic (exact) mass is 183 g/mol. The van der Waals surface area contributed by atoms with Gasteiger partial charge in [0.15, 0.2) is 0 Å². The fourth-order valence-electron chi connectivity index (χ4n) is 0. The van der Waals surface area contributed by atoms with Gasteiger partial charge in [-0.15, -0.1) is 0 Å². The van der Waals surface area contributed by atoms with Crippen LogP contribution in [0.25, 0.3) is 0 Å². The summed E-state index contributed by atoms with van der Waals surface area (Å²) in [6.45, 7) is 0. The second kappa shape index (κ2) is 17.4. The molecule has 0 aliphatic carbocycles. The number of rotatable bonds is 0. The molecule has 0 unspecified atom stereocenters. The summed E-state index contributed by atoms with van der Waals surface area (Å²) >= 11 is 0. The summed E-state index contributed by atoms with van der Waals surface area (Å²) in [4.78, 5) is 0. The molecule has 13 valence electrons. The van der Waals surface area contributed by atoms with Gasteiger partial charge in [-0.05, 0) is 0 Å². The molecule has 0 aromatic carbocycles. The van der Waals surface area contributed by atoms with Crippen LogP contribution in [0.2, 0.25) is 0 Å². The number of halogens is 1. The summed E-state index contributed by atoms with van der Waals surface area (Å²) in [5, 5.41) is 0.